The minimum atomic E-state index is -0.692. The normalized spacial score (nSPS) is 26.8. The van der Waals surface area contributed by atoms with E-state index in [9.17, 15) is 18.6 Å². The molecule has 0 aromatic heterocycles. The summed E-state index contributed by atoms with van der Waals surface area (Å²) in [7, 11) is 0. The largest absolute Gasteiger partial charge is 0.272 e. The Kier molecular flexibility index (Phi) is 13.6. The Labute approximate surface area is 304 Å². The maximum absolute atomic E-state index is 12.2. The Balaban J connectivity index is 0.000000180. The molecule has 2 N–H and O–H groups in total. The van der Waals surface area contributed by atoms with Crippen molar-refractivity contribution in [1.82, 2.24) is 11.1 Å². The molecule has 4 bridgehead atoms. The number of benzene rings is 2. The van der Waals surface area contributed by atoms with E-state index in [2.05, 4.69) is 18.2 Å². The zero-order chi connectivity index (χ0) is 26.8. The Morgan fingerprint density at radius 1 is 0.750 bits per heavy atom. The van der Waals surface area contributed by atoms with E-state index in [0.29, 0.717) is 27.4 Å². The van der Waals surface area contributed by atoms with Crippen LogP contribution in [0.25, 0.3) is 0 Å². The summed E-state index contributed by atoms with van der Waals surface area (Å²) in [5.74, 6) is 3.52. The Bertz CT molecular complexity index is 1240. The number of halogens is 4. The van der Waals surface area contributed by atoms with Crippen LogP contribution in [0.3, 0.4) is 0 Å². The number of allylic oxidation sites excluding steroid dienone is 2. The van der Waals surface area contributed by atoms with Crippen LogP contribution in [0.15, 0.2) is 48.6 Å². The summed E-state index contributed by atoms with van der Waals surface area (Å²) in [4.78, 5) is 21.9. The maximum atomic E-state index is 12.2. The summed E-state index contributed by atoms with van der Waals surface area (Å²) in [5, 5.41) is 1.07. The van der Waals surface area contributed by atoms with Crippen LogP contribution in [0.1, 0.15) is 72.6 Å². The number of hydrogen-bond donors (Lipinski definition) is 2. The zero-order valence-corrected chi connectivity index (χ0v) is 24.7. The van der Waals surface area contributed by atoms with E-state index in [4.69, 9.17) is 23.2 Å². The van der Waals surface area contributed by atoms with Gasteiger partial charge in [-0.15, -0.1) is 8.96 Å². The average Bonchev–Trinajstić information content (AvgIpc) is 3.72. The Hall–Kier alpha value is 0.0795. The fraction of sp³-hybridized carbons (Fsp3) is 0.467. The predicted molar refractivity (Wildman–Crippen MR) is 145 cm³/mol. The fourth-order valence-electron chi connectivity index (χ4n) is 7.34. The topological polar surface area (TPSA) is 58.2 Å². The van der Waals surface area contributed by atoms with Gasteiger partial charge in [-0.25, -0.2) is 0 Å². The van der Waals surface area contributed by atoms with Gasteiger partial charge in [-0.2, -0.15) is 11.1 Å². The number of carbonyl (C=O) groups is 2. The molecule has 10 heteroatoms. The standard InChI is InChI=1S/C15H15ClFNO.C8H7ClFNO.C7H10.2Ar/c16-11-4-3-9-13-7-1-2-8(5-7)14(13)15(9)10(11)6-12(19)18-17;9-7-4-2-1-3-6(7)5-8(12)11-10;1-2-7-4-3-6(1)5-7;;/h3-4,7-8,13-14H,1-2,5-6H2,(H,18,19);1-4H,5H2,(H,11,12);1-2,6-7H,3-5H2;;. The smallest absolute Gasteiger partial charge is 0.252 e. The molecule has 6 atom stereocenters. The molecule has 0 heterocycles. The minimum Gasteiger partial charge on any atom is -0.272 e. The van der Waals surface area contributed by atoms with Crippen molar-refractivity contribution in [2.75, 3.05) is 0 Å². The van der Waals surface area contributed by atoms with Gasteiger partial charge < -0.3 is 0 Å². The van der Waals surface area contributed by atoms with Crippen LogP contribution in [-0.2, 0) is 22.4 Å². The zero-order valence-electron chi connectivity index (χ0n) is 21.8. The first kappa shape index (κ1) is 34.6. The molecule has 5 aliphatic carbocycles. The fourth-order valence-corrected chi connectivity index (χ4v) is 7.77. The molecular weight excluding hydrogens is 609 g/mol. The molecule has 7 rings (SSSR count). The first-order valence-corrected chi connectivity index (χ1v) is 14.2. The molecule has 0 radical (unpaired) electrons. The Morgan fingerprint density at radius 3 is 1.90 bits per heavy atom. The molecule has 40 heavy (non-hydrogen) atoms. The predicted octanol–water partition coefficient (Wildman–Crippen LogP) is 7.35. The van der Waals surface area contributed by atoms with E-state index in [1.807, 2.05) is 6.07 Å². The molecule has 6 unspecified atom stereocenters. The summed E-state index contributed by atoms with van der Waals surface area (Å²) in [5.41, 5.74) is 6.34. The van der Waals surface area contributed by atoms with Crippen LogP contribution < -0.4 is 11.1 Å². The van der Waals surface area contributed by atoms with E-state index in [0.717, 1.165) is 34.8 Å². The van der Waals surface area contributed by atoms with Crippen LogP contribution in [0, 0.1) is 99.1 Å². The number of hydrogen-bond acceptors (Lipinski definition) is 2. The first-order chi connectivity index (χ1) is 18.4. The number of carbonyl (C=O) groups excluding carboxylic acids is 2. The molecule has 0 aliphatic heterocycles. The molecule has 2 aromatic carbocycles. The minimum absolute atomic E-state index is 0. The van der Waals surface area contributed by atoms with Gasteiger partial charge in [0.2, 0.25) is 0 Å². The second-order valence-electron chi connectivity index (χ2n) is 11.1. The van der Waals surface area contributed by atoms with Crippen molar-refractivity contribution in [2.45, 2.75) is 63.2 Å². The third kappa shape index (κ3) is 7.59. The van der Waals surface area contributed by atoms with Crippen molar-refractivity contribution in [1.29, 1.82) is 0 Å². The van der Waals surface area contributed by atoms with Crippen molar-refractivity contribution >= 4 is 35.0 Å². The van der Waals surface area contributed by atoms with Crippen molar-refractivity contribution in [3.8, 4) is 0 Å². The van der Waals surface area contributed by atoms with Crippen LogP contribution in [0.5, 0.6) is 0 Å². The monoisotopic (exact) mass is 640 g/mol. The van der Waals surface area contributed by atoms with Crippen molar-refractivity contribution in [3.63, 3.8) is 0 Å². The molecule has 0 spiro atoms. The van der Waals surface area contributed by atoms with E-state index in [1.54, 1.807) is 24.3 Å². The molecular formula is C30H32Ar2Cl2F2N2O2. The molecule has 5 aliphatic rings. The van der Waals surface area contributed by atoms with E-state index < -0.39 is 11.8 Å². The van der Waals surface area contributed by atoms with Gasteiger partial charge in [0.15, 0.2) is 0 Å². The second-order valence-corrected chi connectivity index (χ2v) is 11.9. The number of amides is 2. The van der Waals surface area contributed by atoms with Gasteiger partial charge in [-0.05, 0) is 108 Å². The summed E-state index contributed by atoms with van der Waals surface area (Å²) >= 11 is 11.9. The average molecular weight is 641 g/mol. The van der Waals surface area contributed by atoms with Gasteiger partial charge in [0.05, 0.1) is 12.8 Å². The number of fused-ring (bicyclic) bond motifs is 10. The van der Waals surface area contributed by atoms with Gasteiger partial charge in [0.1, 0.15) is 0 Å². The van der Waals surface area contributed by atoms with E-state index >= 15 is 0 Å². The van der Waals surface area contributed by atoms with Crippen LogP contribution in [0.4, 0.5) is 8.96 Å². The van der Waals surface area contributed by atoms with E-state index in [1.165, 1.54) is 55.2 Å². The first-order valence-electron chi connectivity index (χ1n) is 13.4. The van der Waals surface area contributed by atoms with Crippen molar-refractivity contribution < 1.29 is 94.0 Å². The number of nitrogens with one attached hydrogen (secondary N) is 2. The molecule has 0 saturated heterocycles. The molecule has 4 nitrogen and oxygen atoms in total. The van der Waals surface area contributed by atoms with Gasteiger partial charge in [-0.3, -0.25) is 9.59 Å². The summed E-state index contributed by atoms with van der Waals surface area (Å²) in [6.07, 6.45) is 13.2. The molecule has 218 valence electrons. The molecule has 2 amide bonds. The molecule has 3 fully saturated rings. The van der Waals surface area contributed by atoms with Crippen molar-refractivity contribution in [2.24, 2.45) is 23.7 Å². The van der Waals surface area contributed by atoms with Gasteiger partial charge >= 0.3 is 0 Å². The third-order valence-electron chi connectivity index (χ3n) is 8.97. The quantitative estimate of drug-likeness (QED) is 0.271. The van der Waals surface area contributed by atoms with Crippen LogP contribution in [-0.4, -0.2) is 11.8 Å². The van der Waals surface area contributed by atoms with Gasteiger partial charge in [0, 0.05) is 85.5 Å². The second kappa shape index (κ2) is 15.7. The Morgan fingerprint density at radius 2 is 1.35 bits per heavy atom. The van der Waals surface area contributed by atoms with Crippen molar-refractivity contribution in [3.05, 3.63) is 80.8 Å². The van der Waals surface area contributed by atoms with Crippen LogP contribution in [0.2, 0.25) is 10.0 Å². The van der Waals surface area contributed by atoms with Gasteiger partial charge in [-0.1, -0.05) is 59.6 Å². The summed E-state index contributed by atoms with van der Waals surface area (Å²) < 4.78 is 23.8. The molecule has 2 aromatic rings. The third-order valence-corrected chi connectivity index (χ3v) is 9.69. The van der Waals surface area contributed by atoms with Gasteiger partial charge in [0.25, 0.3) is 11.8 Å². The maximum Gasteiger partial charge on any atom is 0.252 e. The SMILES string of the molecule is C1=CC2CCC1C2.O=C(Cc1c(Cl)ccc2c1C1C3CCC(C3)C21)NF.O=C(Cc1ccccc1Cl)NF.[Ar].[Ar]. The number of rotatable bonds is 4. The summed E-state index contributed by atoms with van der Waals surface area (Å²) in [6.45, 7) is 0. The summed E-state index contributed by atoms with van der Waals surface area (Å²) in [6, 6.07) is 10.8. The molecule has 3 saturated carbocycles. The van der Waals surface area contributed by atoms with E-state index in [-0.39, 0.29) is 88.3 Å². The van der Waals surface area contributed by atoms with Crippen LogP contribution >= 0.6 is 23.2 Å².